The maximum absolute atomic E-state index is 12.3. The maximum atomic E-state index is 12.3. The molecular formula is C20H25NO7. The molecule has 1 amide bonds. The number of carboxylic acids is 1. The quantitative estimate of drug-likeness (QED) is 0.647. The lowest BCUT2D eigenvalue weighted by Crippen LogP contribution is -2.45. The van der Waals surface area contributed by atoms with E-state index in [-0.39, 0.29) is 18.5 Å². The molecule has 0 aromatic heterocycles. The van der Waals surface area contributed by atoms with Gasteiger partial charge in [0.25, 0.3) is 0 Å². The van der Waals surface area contributed by atoms with E-state index in [9.17, 15) is 19.2 Å². The first-order valence-corrected chi connectivity index (χ1v) is 9.21. The highest BCUT2D eigenvalue weighted by atomic mass is 16.5. The average Bonchev–Trinajstić information content (AvgIpc) is 2.72. The van der Waals surface area contributed by atoms with Gasteiger partial charge in [0.15, 0.2) is 0 Å². The zero-order valence-electron chi connectivity index (χ0n) is 15.8. The van der Waals surface area contributed by atoms with Crippen LogP contribution in [0.15, 0.2) is 30.3 Å². The van der Waals surface area contributed by atoms with E-state index in [0.717, 1.165) is 12.7 Å². The highest BCUT2D eigenvalue weighted by Gasteiger charge is 2.33. The molecule has 1 aromatic rings. The third-order valence-electron chi connectivity index (χ3n) is 4.87. The second-order valence-corrected chi connectivity index (χ2v) is 6.82. The Morgan fingerprint density at radius 2 is 1.68 bits per heavy atom. The minimum absolute atomic E-state index is 0.216. The predicted octanol–water partition coefficient (Wildman–Crippen LogP) is 1.67. The van der Waals surface area contributed by atoms with Crippen LogP contribution in [0, 0.1) is 11.8 Å². The van der Waals surface area contributed by atoms with Crippen molar-refractivity contribution in [3.8, 4) is 0 Å². The first kappa shape index (κ1) is 21.4. The van der Waals surface area contributed by atoms with Gasteiger partial charge >= 0.3 is 17.9 Å². The zero-order chi connectivity index (χ0) is 20.5. The maximum Gasteiger partial charge on any atom is 0.326 e. The molecule has 2 N–H and O–H groups in total. The fourth-order valence-electron chi connectivity index (χ4n) is 3.18. The highest BCUT2D eigenvalue weighted by molar-refractivity contribution is 5.88. The van der Waals surface area contributed by atoms with Gasteiger partial charge in [0.2, 0.25) is 5.91 Å². The van der Waals surface area contributed by atoms with E-state index in [4.69, 9.17) is 9.84 Å². The molecule has 28 heavy (non-hydrogen) atoms. The molecule has 1 aliphatic rings. The summed E-state index contributed by atoms with van der Waals surface area (Å²) < 4.78 is 9.80. The molecule has 1 aromatic carbocycles. The van der Waals surface area contributed by atoms with Gasteiger partial charge < -0.3 is 19.9 Å². The van der Waals surface area contributed by atoms with Crippen LogP contribution in [0.4, 0.5) is 0 Å². The summed E-state index contributed by atoms with van der Waals surface area (Å²) in [7, 11) is 1.15. The molecule has 0 radical (unpaired) electrons. The van der Waals surface area contributed by atoms with E-state index < -0.39 is 36.2 Å². The second-order valence-electron chi connectivity index (χ2n) is 6.82. The van der Waals surface area contributed by atoms with Gasteiger partial charge in [0.1, 0.15) is 12.6 Å². The summed E-state index contributed by atoms with van der Waals surface area (Å²) in [5.41, 5.74) is 0.911. The van der Waals surface area contributed by atoms with Crippen molar-refractivity contribution in [1.29, 1.82) is 0 Å². The summed E-state index contributed by atoms with van der Waals surface area (Å²) in [5, 5.41) is 11.5. The van der Waals surface area contributed by atoms with Crippen LogP contribution in [0.1, 0.15) is 37.7 Å². The Labute approximate surface area is 163 Å². The number of methoxy groups -OCH3 is 1. The number of hydrogen-bond donors (Lipinski definition) is 2. The first-order chi connectivity index (χ1) is 13.4. The Kier molecular flexibility index (Phi) is 7.98. The molecule has 1 unspecified atom stereocenters. The topological polar surface area (TPSA) is 119 Å². The number of amides is 1. The molecule has 1 fully saturated rings. The highest BCUT2D eigenvalue weighted by Crippen LogP contribution is 2.30. The molecule has 0 saturated heterocycles. The van der Waals surface area contributed by atoms with Gasteiger partial charge in [-0.25, -0.2) is 4.79 Å². The molecule has 1 saturated carbocycles. The molecule has 0 aliphatic heterocycles. The Balaban J connectivity index is 1.78. The lowest BCUT2D eigenvalue weighted by atomic mass is 9.81. The molecule has 0 bridgehead atoms. The number of benzene rings is 1. The zero-order valence-corrected chi connectivity index (χ0v) is 15.8. The van der Waals surface area contributed by atoms with Crippen LogP contribution in [-0.2, 0) is 35.3 Å². The van der Waals surface area contributed by atoms with Gasteiger partial charge in [-0.15, -0.1) is 0 Å². The van der Waals surface area contributed by atoms with Crippen molar-refractivity contribution in [3.63, 3.8) is 0 Å². The van der Waals surface area contributed by atoms with Crippen LogP contribution < -0.4 is 5.32 Å². The number of aliphatic carboxylic acids is 1. The first-order valence-electron chi connectivity index (χ1n) is 9.21. The third kappa shape index (κ3) is 6.37. The third-order valence-corrected chi connectivity index (χ3v) is 4.87. The molecule has 152 valence electrons. The van der Waals surface area contributed by atoms with Gasteiger partial charge in [0, 0.05) is 5.92 Å². The molecule has 8 heteroatoms. The molecular weight excluding hydrogens is 366 g/mol. The van der Waals surface area contributed by atoms with Crippen LogP contribution in [-0.4, -0.2) is 42.1 Å². The minimum atomic E-state index is -1.33. The fourth-order valence-corrected chi connectivity index (χ4v) is 3.18. The number of hydrogen-bond acceptors (Lipinski definition) is 6. The van der Waals surface area contributed by atoms with Gasteiger partial charge in [-0.05, 0) is 31.2 Å². The number of nitrogens with one attached hydrogen (secondary N) is 1. The van der Waals surface area contributed by atoms with Gasteiger partial charge in [-0.1, -0.05) is 30.3 Å². The summed E-state index contributed by atoms with van der Waals surface area (Å²) in [6, 6.07) is 8.06. The van der Waals surface area contributed by atoms with E-state index in [0.29, 0.717) is 25.7 Å². The van der Waals surface area contributed by atoms with Crippen molar-refractivity contribution >= 4 is 23.8 Å². The molecule has 1 aliphatic carbocycles. The van der Waals surface area contributed by atoms with E-state index in [1.165, 1.54) is 0 Å². The smallest absolute Gasteiger partial charge is 0.326 e. The van der Waals surface area contributed by atoms with Crippen molar-refractivity contribution < 1.29 is 33.8 Å². The Hall–Kier alpha value is -2.90. The Bertz CT molecular complexity index is 696. The van der Waals surface area contributed by atoms with Crippen LogP contribution in [0.3, 0.4) is 0 Å². The van der Waals surface area contributed by atoms with E-state index in [1.807, 2.05) is 30.3 Å². The van der Waals surface area contributed by atoms with E-state index in [1.54, 1.807) is 0 Å². The fraction of sp³-hybridized carbons (Fsp3) is 0.500. The summed E-state index contributed by atoms with van der Waals surface area (Å²) in [5.74, 6) is -3.37. The van der Waals surface area contributed by atoms with Crippen molar-refractivity contribution in [2.45, 2.75) is 44.8 Å². The number of carbonyl (C=O) groups excluding carboxylic acids is 3. The predicted molar refractivity (Wildman–Crippen MR) is 97.9 cm³/mol. The van der Waals surface area contributed by atoms with Crippen LogP contribution in [0.5, 0.6) is 0 Å². The van der Waals surface area contributed by atoms with Crippen molar-refractivity contribution in [1.82, 2.24) is 5.32 Å². The lowest BCUT2D eigenvalue weighted by molar-refractivity contribution is -0.152. The number of esters is 2. The van der Waals surface area contributed by atoms with Crippen molar-refractivity contribution in [3.05, 3.63) is 35.9 Å². The largest absolute Gasteiger partial charge is 0.480 e. The van der Waals surface area contributed by atoms with Crippen LogP contribution in [0.2, 0.25) is 0 Å². The Morgan fingerprint density at radius 3 is 2.25 bits per heavy atom. The number of rotatable bonds is 8. The normalized spacial score (nSPS) is 19.9. The summed E-state index contributed by atoms with van der Waals surface area (Å²) in [4.78, 5) is 47.0. The molecule has 2 rings (SSSR count). The molecule has 1 atom stereocenters. The summed E-state index contributed by atoms with van der Waals surface area (Å²) in [6.07, 6.45) is 1.49. The van der Waals surface area contributed by atoms with Crippen LogP contribution >= 0.6 is 0 Å². The van der Waals surface area contributed by atoms with Gasteiger partial charge in [-0.2, -0.15) is 0 Å². The van der Waals surface area contributed by atoms with Gasteiger partial charge in [0.05, 0.1) is 19.4 Å². The second kappa shape index (κ2) is 10.4. The molecule has 0 heterocycles. The number of carboxylic acid groups (broad SMARTS) is 1. The average molecular weight is 391 g/mol. The lowest BCUT2D eigenvalue weighted by Gasteiger charge is -2.27. The SMILES string of the molecule is COC(=O)CC(NC(=O)C1CCC(C(=O)OCc2ccccc2)CC1)C(=O)O. The van der Waals surface area contributed by atoms with Gasteiger partial charge in [-0.3, -0.25) is 14.4 Å². The number of carbonyl (C=O) groups is 4. The van der Waals surface area contributed by atoms with Crippen LogP contribution in [0.25, 0.3) is 0 Å². The molecule has 8 nitrogen and oxygen atoms in total. The Morgan fingerprint density at radius 1 is 1.07 bits per heavy atom. The van der Waals surface area contributed by atoms with E-state index >= 15 is 0 Å². The molecule has 0 spiro atoms. The number of ether oxygens (including phenoxy) is 2. The minimum Gasteiger partial charge on any atom is -0.480 e. The summed E-state index contributed by atoms with van der Waals surface area (Å²) in [6.45, 7) is 0.216. The monoisotopic (exact) mass is 391 g/mol. The van der Waals surface area contributed by atoms with Crippen molar-refractivity contribution in [2.75, 3.05) is 7.11 Å². The summed E-state index contributed by atoms with van der Waals surface area (Å²) >= 11 is 0. The van der Waals surface area contributed by atoms with E-state index in [2.05, 4.69) is 10.1 Å². The van der Waals surface area contributed by atoms with Crippen molar-refractivity contribution in [2.24, 2.45) is 11.8 Å². The standard InChI is InChI=1S/C20H25NO7/c1-27-17(22)11-16(19(24)25)21-18(23)14-7-9-15(10-8-14)20(26)28-12-13-5-3-2-4-6-13/h2-6,14-16H,7-12H2,1H3,(H,21,23)(H,24,25).